The van der Waals surface area contributed by atoms with Crippen LogP contribution in [-0.2, 0) is 4.74 Å². The molecule has 1 atom stereocenters. The smallest absolute Gasteiger partial charge is 0.273 e. The van der Waals surface area contributed by atoms with Crippen LogP contribution in [0, 0.1) is 0 Å². The standard InChI is InChI=1S/C13H13BrN2O2S2/c1-8-5-16(2-3-18-8)13(17)10-7-20-12(15-10)11-4-9(14)6-19-11/h4,6-8H,2-3,5H2,1H3/t8-/m0/s1. The minimum atomic E-state index is -0.00160. The van der Waals surface area contributed by atoms with Gasteiger partial charge in [0.05, 0.1) is 17.6 Å². The van der Waals surface area contributed by atoms with Crippen molar-refractivity contribution in [3.05, 3.63) is 27.0 Å². The number of thiophene rings is 1. The van der Waals surface area contributed by atoms with Crippen LogP contribution in [0.2, 0.25) is 0 Å². The first-order valence-corrected chi connectivity index (χ1v) is 8.79. The Balaban J connectivity index is 1.77. The lowest BCUT2D eigenvalue weighted by molar-refractivity contribution is -0.0126. The van der Waals surface area contributed by atoms with E-state index in [0.717, 1.165) is 14.4 Å². The van der Waals surface area contributed by atoms with Crippen LogP contribution in [0.4, 0.5) is 0 Å². The lowest BCUT2D eigenvalue weighted by Gasteiger charge is -2.30. The van der Waals surface area contributed by atoms with E-state index in [-0.39, 0.29) is 12.0 Å². The second kappa shape index (κ2) is 5.93. The number of amides is 1. The number of thiazole rings is 1. The average Bonchev–Trinajstić information content (AvgIpc) is 3.06. The molecule has 0 unspecified atom stereocenters. The van der Waals surface area contributed by atoms with E-state index in [0.29, 0.717) is 25.4 Å². The van der Waals surface area contributed by atoms with E-state index >= 15 is 0 Å². The molecule has 0 radical (unpaired) electrons. The fourth-order valence-electron chi connectivity index (χ4n) is 2.08. The molecule has 0 aromatic carbocycles. The molecular weight excluding hydrogens is 360 g/mol. The Kier molecular flexibility index (Phi) is 4.21. The number of carbonyl (C=O) groups excluding carboxylic acids is 1. The molecule has 2 aromatic heterocycles. The summed E-state index contributed by atoms with van der Waals surface area (Å²) in [5, 5.41) is 4.75. The molecule has 0 saturated carbocycles. The highest BCUT2D eigenvalue weighted by Crippen LogP contribution is 2.32. The van der Waals surface area contributed by atoms with Crippen LogP contribution in [0.1, 0.15) is 17.4 Å². The van der Waals surface area contributed by atoms with Crippen molar-refractivity contribution in [1.82, 2.24) is 9.88 Å². The number of aromatic nitrogens is 1. The van der Waals surface area contributed by atoms with Gasteiger partial charge in [0.2, 0.25) is 0 Å². The van der Waals surface area contributed by atoms with Crippen molar-refractivity contribution in [3.63, 3.8) is 0 Å². The minimum Gasteiger partial charge on any atom is -0.375 e. The van der Waals surface area contributed by atoms with E-state index in [2.05, 4.69) is 20.9 Å². The number of nitrogens with zero attached hydrogens (tertiary/aromatic N) is 2. The monoisotopic (exact) mass is 372 g/mol. The Morgan fingerprint density at radius 2 is 2.35 bits per heavy atom. The van der Waals surface area contributed by atoms with Crippen LogP contribution in [-0.4, -0.2) is 41.6 Å². The molecule has 0 N–H and O–H groups in total. The average molecular weight is 373 g/mol. The first-order chi connectivity index (χ1) is 9.63. The number of carbonyl (C=O) groups is 1. The van der Waals surface area contributed by atoms with Crippen molar-refractivity contribution in [2.45, 2.75) is 13.0 Å². The molecular formula is C13H13BrN2O2S2. The predicted octanol–water partition coefficient (Wildman–Crippen LogP) is 3.50. The molecule has 1 amide bonds. The molecule has 0 aliphatic carbocycles. The van der Waals surface area contributed by atoms with Crippen LogP contribution in [0.3, 0.4) is 0 Å². The van der Waals surface area contributed by atoms with Crippen molar-refractivity contribution in [3.8, 4) is 9.88 Å². The van der Waals surface area contributed by atoms with Crippen molar-refractivity contribution < 1.29 is 9.53 Å². The number of halogens is 1. The number of hydrogen-bond acceptors (Lipinski definition) is 5. The lowest BCUT2D eigenvalue weighted by Crippen LogP contribution is -2.44. The second-order valence-corrected chi connectivity index (χ2v) is 7.28. The molecule has 1 saturated heterocycles. The van der Waals surface area contributed by atoms with Gasteiger partial charge in [-0.05, 0) is 28.9 Å². The summed E-state index contributed by atoms with van der Waals surface area (Å²) in [5.41, 5.74) is 0.531. The molecule has 2 aromatic rings. The molecule has 0 bridgehead atoms. The van der Waals surface area contributed by atoms with E-state index in [4.69, 9.17) is 4.74 Å². The fourth-order valence-corrected chi connectivity index (χ4v) is 4.38. The predicted molar refractivity (Wildman–Crippen MR) is 84.4 cm³/mol. The topological polar surface area (TPSA) is 42.4 Å². The summed E-state index contributed by atoms with van der Waals surface area (Å²) in [4.78, 5) is 19.8. The van der Waals surface area contributed by atoms with E-state index in [1.165, 1.54) is 11.3 Å². The Hall–Kier alpha value is -0.760. The van der Waals surface area contributed by atoms with E-state index in [9.17, 15) is 4.79 Å². The van der Waals surface area contributed by atoms with Crippen molar-refractivity contribution >= 4 is 44.5 Å². The molecule has 3 rings (SSSR count). The lowest BCUT2D eigenvalue weighted by atomic mass is 10.3. The summed E-state index contributed by atoms with van der Waals surface area (Å²) in [7, 11) is 0. The summed E-state index contributed by atoms with van der Waals surface area (Å²) in [6.45, 7) is 3.85. The van der Waals surface area contributed by atoms with Crippen LogP contribution in [0.5, 0.6) is 0 Å². The molecule has 1 fully saturated rings. The SMILES string of the molecule is C[C@H]1CN(C(=O)c2csc(-c3cc(Br)cs3)n2)CCO1. The summed E-state index contributed by atoms with van der Waals surface area (Å²) in [5.74, 6) is -0.00160. The molecule has 1 aliphatic heterocycles. The molecule has 0 spiro atoms. The van der Waals surface area contributed by atoms with Crippen molar-refractivity contribution in [2.75, 3.05) is 19.7 Å². The van der Waals surface area contributed by atoms with Gasteiger partial charge < -0.3 is 9.64 Å². The zero-order valence-electron chi connectivity index (χ0n) is 10.8. The Bertz CT molecular complexity index is 625. The summed E-state index contributed by atoms with van der Waals surface area (Å²) >= 11 is 6.56. The molecule has 106 valence electrons. The second-order valence-electron chi connectivity index (χ2n) is 4.60. The highest BCUT2D eigenvalue weighted by Gasteiger charge is 2.24. The van der Waals surface area contributed by atoms with Crippen LogP contribution >= 0.6 is 38.6 Å². The van der Waals surface area contributed by atoms with E-state index in [1.54, 1.807) is 11.3 Å². The number of hydrogen-bond donors (Lipinski definition) is 0. The van der Waals surface area contributed by atoms with Crippen molar-refractivity contribution in [1.29, 1.82) is 0 Å². The van der Waals surface area contributed by atoms with Gasteiger partial charge in [-0.1, -0.05) is 0 Å². The van der Waals surface area contributed by atoms with Gasteiger partial charge in [0.15, 0.2) is 0 Å². The molecule has 20 heavy (non-hydrogen) atoms. The van der Waals surface area contributed by atoms with E-state index in [1.807, 2.05) is 28.7 Å². The highest BCUT2D eigenvalue weighted by atomic mass is 79.9. The van der Waals surface area contributed by atoms with Gasteiger partial charge in [-0.15, -0.1) is 22.7 Å². The quantitative estimate of drug-likeness (QED) is 0.809. The normalized spacial score (nSPS) is 19.3. The fraction of sp³-hybridized carbons (Fsp3) is 0.385. The summed E-state index contributed by atoms with van der Waals surface area (Å²) in [6.07, 6.45) is 0.0963. The van der Waals surface area contributed by atoms with Gasteiger partial charge in [0, 0.05) is 28.3 Å². The van der Waals surface area contributed by atoms with Crippen LogP contribution in [0.25, 0.3) is 9.88 Å². The van der Waals surface area contributed by atoms with Gasteiger partial charge in [-0.2, -0.15) is 0 Å². The van der Waals surface area contributed by atoms with Gasteiger partial charge in [-0.25, -0.2) is 4.98 Å². The van der Waals surface area contributed by atoms with Gasteiger partial charge in [0.25, 0.3) is 5.91 Å². The Morgan fingerprint density at radius 1 is 1.50 bits per heavy atom. The molecule has 7 heteroatoms. The zero-order valence-corrected chi connectivity index (χ0v) is 14.1. The maximum Gasteiger partial charge on any atom is 0.273 e. The first-order valence-electron chi connectivity index (χ1n) is 6.24. The van der Waals surface area contributed by atoms with Crippen LogP contribution in [0.15, 0.2) is 21.3 Å². The Labute approximate surface area is 133 Å². The van der Waals surface area contributed by atoms with E-state index < -0.39 is 0 Å². The van der Waals surface area contributed by atoms with Gasteiger partial charge >= 0.3 is 0 Å². The first kappa shape index (κ1) is 14.2. The van der Waals surface area contributed by atoms with Gasteiger partial charge in [-0.3, -0.25) is 4.79 Å². The molecule has 4 nitrogen and oxygen atoms in total. The summed E-state index contributed by atoms with van der Waals surface area (Å²) in [6, 6.07) is 2.02. The minimum absolute atomic E-state index is 0.00160. The third kappa shape index (κ3) is 2.95. The zero-order chi connectivity index (χ0) is 14.1. The maximum absolute atomic E-state index is 12.4. The van der Waals surface area contributed by atoms with Crippen LogP contribution < -0.4 is 0 Å². The third-order valence-corrected chi connectivity index (χ3v) is 5.73. The number of ether oxygens (including phenoxy) is 1. The number of rotatable bonds is 2. The highest BCUT2D eigenvalue weighted by molar-refractivity contribution is 9.10. The molecule has 3 heterocycles. The summed E-state index contributed by atoms with van der Waals surface area (Å²) < 4.78 is 6.50. The van der Waals surface area contributed by atoms with Gasteiger partial charge in [0.1, 0.15) is 10.7 Å². The molecule has 1 aliphatic rings. The third-order valence-electron chi connectivity index (χ3n) is 3.03. The largest absolute Gasteiger partial charge is 0.375 e. The van der Waals surface area contributed by atoms with Crippen molar-refractivity contribution in [2.24, 2.45) is 0 Å². The Morgan fingerprint density at radius 3 is 3.05 bits per heavy atom. The maximum atomic E-state index is 12.4. The number of morpholine rings is 1.